The number of hydrogen-bond donors (Lipinski definition) is 3. The number of aliphatic hydroxyl groups is 2. The summed E-state index contributed by atoms with van der Waals surface area (Å²) in [5, 5.41) is 23.8. The summed E-state index contributed by atoms with van der Waals surface area (Å²) in [6.45, 7) is 6.32. The van der Waals surface area contributed by atoms with Gasteiger partial charge in [0.2, 0.25) is 5.91 Å². The summed E-state index contributed by atoms with van der Waals surface area (Å²) in [5.74, 6) is -0.617. The van der Waals surface area contributed by atoms with Gasteiger partial charge in [0.25, 0.3) is 0 Å². The predicted octanol–water partition coefficient (Wildman–Crippen LogP) is 17.5. The van der Waals surface area contributed by atoms with Gasteiger partial charge in [-0.3, -0.25) is 9.59 Å². The second kappa shape index (κ2) is 54.5. The molecule has 0 aliphatic carbocycles. The molecule has 0 aliphatic heterocycles. The van der Waals surface area contributed by atoms with Gasteiger partial charge in [0, 0.05) is 6.42 Å². The fraction of sp³-hybridized carbons (Fsp3) is 0.677. The first kappa shape index (κ1) is 64.5. The maximum Gasteiger partial charge on any atom is 0.306 e. The fourth-order valence-corrected chi connectivity index (χ4v) is 7.87. The predicted molar refractivity (Wildman–Crippen MR) is 296 cm³/mol. The molecule has 0 rings (SSSR count). The van der Waals surface area contributed by atoms with Gasteiger partial charge < -0.3 is 20.3 Å². The number of hydrogen-bond acceptors (Lipinski definition) is 5. The van der Waals surface area contributed by atoms with Crippen molar-refractivity contribution in [1.29, 1.82) is 0 Å². The van der Waals surface area contributed by atoms with Gasteiger partial charge in [-0.15, -0.1) is 0 Å². The monoisotopic (exact) mass is 944 g/mol. The van der Waals surface area contributed by atoms with Crippen LogP contribution in [0.5, 0.6) is 0 Å². The maximum atomic E-state index is 13.2. The Labute approximate surface area is 419 Å². The molecule has 0 bridgehead atoms. The molecule has 0 aliphatic rings. The molecule has 3 atom stereocenters. The third kappa shape index (κ3) is 49.0. The molecule has 0 aromatic carbocycles. The molecular formula is C62H105NO5. The van der Waals surface area contributed by atoms with Crippen LogP contribution in [0, 0.1) is 0 Å². The summed E-state index contributed by atoms with van der Waals surface area (Å²) < 4.78 is 5.89. The molecule has 0 aromatic heterocycles. The highest BCUT2D eigenvalue weighted by Gasteiger charge is 2.24. The molecule has 0 aromatic rings. The van der Waals surface area contributed by atoms with E-state index in [1.165, 1.54) is 103 Å². The lowest BCUT2D eigenvalue weighted by atomic mass is 10.0. The van der Waals surface area contributed by atoms with Crippen molar-refractivity contribution in [2.24, 2.45) is 0 Å². The second-order valence-electron chi connectivity index (χ2n) is 18.6. The first-order valence-corrected chi connectivity index (χ1v) is 28.1. The van der Waals surface area contributed by atoms with Gasteiger partial charge in [-0.25, -0.2) is 0 Å². The molecule has 388 valence electrons. The smallest absolute Gasteiger partial charge is 0.306 e. The van der Waals surface area contributed by atoms with E-state index in [1.807, 2.05) is 6.08 Å². The summed E-state index contributed by atoms with van der Waals surface area (Å²) in [6.07, 6.45) is 74.4. The Morgan fingerprint density at radius 2 is 0.794 bits per heavy atom. The van der Waals surface area contributed by atoms with E-state index in [4.69, 9.17) is 4.74 Å². The lowest BCUT2D eigenvalue weighted by Crippen LogP contribution is -2.46. The number of amides is 1. The Hall–Kier alpha value is -3.48. The van der Waals surface area contributed by atoms with Crippen molar-refractivity contribution in [3.63, 3.8) is 0 Å². The Morgan fingerprint density at radius 1 is 0.441 bits per heavy atom. The molecule has 1 amide bonds. The molecule has 0 spiro atoms. The minimum atomic E-state index is -0.818. The molecule has 3 N–H and O–H groups in total. The summed E-state index contributed by atoms with van der Waals surface area (Å²) in [5.41, 5.74) is 0. The van der Waals surface area contributed by atoms with E-state index in [-0.39, 0.29) is 31.3 Å². The van der Waals surface area contributed by atoms with Crippen molar-refractivity contribution in [3.05, 3.63) is 109 Å². The number of nitrogens with one attached hydrogen (secondary N) is 1. The summed E-state index contributed by atoms with van der Waals surface area (Å²) in [6, 6.07) is -0.736. The van der Waals surface area contributed by atoms with Gasteiger partial charge in [-0.2, -0.15) is 0 Å². The summed E-state index contributed by atoms with van der Waals surface area (Å²) in [4.78, 5) is 26.2. The standard InChI is InChI=1S/C62H105NO5/c1-4-7-10-13-16-19-22-25-28-29-30-31-34-37-40-43-46-49-52-55-62(67)68-58(53-50-47-44-41-38-35-32-26-23-20-17-14-11-8-5-2)56-61(66)63-59(57-64)60(65)54-51-48-45-42-39-36-33-27-24-21-18-15-12-9-6-3/h7,10,16-17,19-20,25-26,28,30-32,37-38,40-41,46,49,58-60,64-65H,4-6,8-9,11-15,18,21-24,27,29,33-36,39,42-45,47-48,50-57H2,1-3H3,(H,63,66)/b10-7-,19-16-,20-17-,28-25-,31-30-,32-26-,40-37-,41-38-,49-46-. The third-order valence-electron chi connectivity index (χ3n) is 12.1. The van der Waals surface area contributed by atoms with Crippen LogP contribution in [-0.4, -0.2) is 46.9 Å². The zero-order chi connectivity index (χ0) is 49.5. The molecule has 0 saturated heterocycles. The van der Waals surface area contributed by atoms with Crippen LogP contribution in [0.2, 0.25) is 0 Å². The van der Waals surface area contributed by atoms with Gasteiger partial charge in [-0.1, -0.05) is 239 Å². The van der Waals surface area contributed by atoms with Crippen LogP contribution in [0.4, 0.5) is 0 Å². The normalized spacial score (nSPS) is 14.0. The molecule has 0 fully saturated rings. The number of allylic oxidation sites excluding steroid dienone is 18. The molecule has 0 radical (unpaired) electrons. The quantitative estimate of drug-likeness (QED) is 0.0321. The Morgan fingerprint density at radius 3 is 1.22 bits per heavy atom. The molecule has 6 nitrogen and oxygen atoms in total. The first-order valence-electron chi connectivity index (χ1n) is 28.1. The second-order valence-corrected chi connectivity index (χ2v) is 18.6. The van der Waals surface area contributed by atoms with E-state index in [1.54, 1.807) is 0 Å². The van der Waals surface area contributed by atoms with E-state index in [9.17, 15) is 19.8 Å². The Kier molecular flexibility index (Phi) is 51.7. The number of unbranched alkanes of at least 4 members (excludes halogenated alkanes) is 19. The lowest BCUT2D eigenvalue weighted by Gasteiger charge is -2.24. The van der Waals surface area contributed by atoms with Crippen molar-refractivity contribution < 1.29 is 24.5 Å². The van der Waals surface area contributed by atoms with Gasteiger partial charge in [0.05, 0.1) is 25.2 Å². The third-order valence-corrected chi connectivity index (χ3v) is 12.1. The number of ether oxygens (including phenoxy) is 1. The molecule has 68 heavy (non-hydrogen) atoms. The first-order chi connectivity index (χ1) is 33.5. The Bertz CT molecular complexity index is 1380. The SMILES string of the molecule is CC/C=C\C/C=C\C/C=C\C/C=C\C/C=C\C/C=C\CCC(=O)OC(CCCC/C=C\C/C=C\C/C=C\CCCCC)CC(=O)NC(CO)C(O)CCCCCCCCCCCCCCCCC. The number of carbonyl (C=O) groups is 2. The van der Waals surface area contributed by atoms with Gasteiger partial charge in [0.1, 0.15) is 6.10 Å². The van der Waals surface area contributed by atoms with Crippen molar-refractivity contribution in [2.45, 2.75) is 264 Å². The summed E-state index contributed by atoms with van der Waals surface area (Å²) in [7, 11) is 0. The van der Waals surface area contributed by atoms with Crippen molar-refractivity contribution in [1.82, 2.24) is 5.32 Å². The Balaban J connectivity index is 4.75. The highest BCUT2D eigenvalue weighted by Crippen LogP contribution is 2.17. The average Bonchev–Trinajstić information content (AvgIpc) is 3.33. The minimum absolute atomic E-state index is 0.0154. The van der Waals surface area contributed by atoms with E-state index >= 15 is 0 Å². The van der Waals surface area contributed by atoms with Gasteiger partial charge in [0.15, 0.2) is 0 Å². The lowest BCUT2D eigenvalue weighted by molar-refractivity contribution is -0.150. The summed E-state index contributed by atoms with van der Waals surface area (Å²) >= 11 is 0. The van der Waals surface area contributed by atoms with E-state index < -0.39 is 18.2 Å². The fourth-order valence-electron chi connectivity index (χ4n) is 7.87. The zero-order valence-corrected chi connectivity index (χ0v) is 44.2. The van der Waals surface area contributed by atoms with Crippen molar-refractivity contribution in [3.8, 4) is 0 Å². The van der Waals surface area contributed by atoms with E-state index in [0.717, 1.165) is 89.9 Å². The van der Waals surface area contributed by atoms with Crippen LogP contribution >= 0.6 is 0 Å². The van der Waals surface area contributed by atoms with Crippen molar-refractivity contribution in [2.75, 3.05) is 6.61 Å². The number of carbonyl (C=O) groups excluding carboxylic acids is 2. The molecular weight excluding hydrogens is 839 g/mol. The van der Waals surface area contributed by atoms with E-state index in [0.29, 0.717) is 19.3 Å². The van der Waals surface area contributed by atoms with Gasteiger partial charge >= 0.3 is 5.97 Å². The number of esters is 1. The van der Waals surface area contributed by atoms with Crippen LogP contribution in [0.25, 0.3) is 0 Å². The van der Waals surface area contributed by atoms with Crippen LogP contribution in [-0.2, 0) is 14.3 Å². The highest BCUT2D eigenvalue weighted by molar-refractivity contribution is 5.77. The van der Waals surface area contributed by atoms with Crippen LogP contribution < -0.4 is 5.32 Å². The minimum Gasteiger partial charge on any atom is -0.462 e. The van der Waals surface area contributed by atoms with Gasteiger partial charge in [-0.05, 0) is 103 Å². The maximum absolute atomic E-state index is 13.2. The zero-order valence-electron chi connectivity index (χ0n) is 44.2. The topological polar surface area (TPSA) is 95.9 Å². The van der Waals surface area contributed by atoms with E-state index in [2.05, 4.69) is 129 Å². The van der Waals surface area contributed by atoms with Crippen LogP contribution in [0.1, 0.15) is 245 Å². The van der Waals surface area contributed by atoms with Crippen LogP contribution in [0.15, 0.2) is 109 Å². The average molecular weight is 945 g/mol. The van der Waals surface area contributed by atoms with Crippen molar-refractivity contribution >= 4 is 11.9 Å². The molecule has 0 saturated carbocycles. The number of aliphatic hydroxyl groups excluding tert-OH is 2. The molecule has 6 heteroatoms. The molecule has 3 unspecified atom stereocenters. The number of rotatable bonds is 49. The van der Waals surface area contributed by atoms with Crippen LogP contribution in [0.3, 0.4) is 0 Å². The highest BCUT2D eigenvalue weighted by atomic mass is 16.5. The largest absolute Gasteiger partial charge is 0.462 e. The molecule has 0 heterocycles.